The van der Waals surface area contributed by atoms with E-state index in [1.165, 1.54) is 5.57 Å². The van der Waals surface area contributed by atoms with Gasteiger partial charge in [0.25, 0.3) is 5.91 Å². The van der Waals surface area contributed by atoms with E-state index >= 15 is 0 Å². The molecule has 0 saturated heterocycles. The van der Waals surface area contributed by atoms with Crippen molar-refractivity contribution in [3.05, 3.63) is 64.7 Å². The Morgan fingerprint density at radius 2 is 2.07 bits per heavy atom. The van der Waals surface area contributed by atoms with E-state index in [-0.39, 0.29) is 17.5 Å². The Labute approximate surface area is 169 Å². The van der Waals surface area contributed by atoms with Crippen LogP contribution in [0.3, 0.4) is 0 Å². The van der Waals surface area contributed by atoms with Gasteiger partial charge in [-0.1, -0.05) is 42.0 Å². The van der Waals surface area contributed by atoms with Crippen LogP contribution in [0.5, 0.6) is 0 Å². The van der Waals surface area contributed by atoms with E-state index in [0.29, 0.717) is 22.8 Å². The molecule has 142 valence electrons. The predicted octanol–water partition coefficient (Wildman–Crippen LogP) is 4.36. The molecular formula is C21H22Cl2N2O2. The molecule has 0 aromatic heterocycles. The third-order valence-electron chi connectivity index (χ3n) is 4.93. The van der Waals surface area contributed by atoms with Crippen LogP contribution >= 0.6 is 23.2 Å². The zero-order valence-corrected chi connectivity index (χ0v) is 16.8. The Kier molecular flexibility index (Phi) is 6.20. The molecule has 1 aliphatic heterocycles. The Morgan fingerprint density at radius 1 is 1.30 bits per heavy atom. The van der Waals surface area contributed by atoms with Crippen molar-refractivity contribution < 1.29 is 9.59 Å². The quantitative estimate of drug-likeness (QED) is 0.585. The number of rotatable bonds is 5. The van der Waals surface area contributed by atoms with Gasteiger partial charge < -0.3 is 5.32 Å². The number of benzene rings is 1. The molecule has 2 aliphatic rings. The molecule has 0 saturated carbocycles. The second-order valence-corrected chi connectivity index (χ2v) is 7.89. The highest BCUT2D eigenvalue weighted by Crippen LogP contribution is 2.27. The minimum Gasteiger partial charge on any atom is -0.319 e. The summed E-state index contributed by atoms with van der Waals surface area (Å²) in [4.78, 5) is 27.3. The number of alkyl halides is 1. The lowest BCUT2D eigenvalue weighted by Gasteiger charge is -2.28. The van der Waals surface area contributed by atoms with Crippen LogP contribution in [-0.4, -0.2) is 40.6 Å². The lowest BCUT2D eigenvalue weighted by molar-refractivity contribution is -0.132. The van der Waals surface area contributed by atoms with Gasteiger partial charge in [-0.2, -0.15) is 0 Å². The number of allylic oxidation sites excluding steroid dienone is 2. The maximum atomic E-state index is 12.7. The molecule has 1 aliphatic carbocycles. The van der Waals surface area contributed by atoms with E-state index in [2.05, 4.69) is 16.3 Å². The summed E-state index contributed by atoms with van der Waals surface area (Å²) in [6.07, 6.45) is 8.84. The number of nitrogens with one attached hydrogen (secondary N) is 1. The van der Waals surface area contributed by atoms with Gasteiger partial charge in [-0.3, -0.25) is 14.5 Å². The lowest BCUT2D eigenvalue weighted by Crippen LogP contribution is -2.38. The second kappa shape index (κ2) is 8.42. The van der Waals surface area contributed by atoms with Gasteiger partial charge in [-0.05, 0) is 44.0 Å². The molecule has 4 nitrogen and oxygen atoms in total. The highest BCUT2D eigenvalue weighted by atomic mass is 35.5. The number of nitrogens with zero attached hydrogens (tertiary/aromatic N) is 1. The van der Waals surface area contributed by atoms with Gasteiger partial charge in [0.2, 0.25) is 5.78 Å². The van der Waals surface area contributed by atoms with Crippen LogP contribution < -0.4 is 5.32 Å². The molecule has 3 unspecified atom stereocenters. The summed E-state index contributed by atoms with van der Waals surface area (Å²) in [6, 6.07) is 6.67. The number of carbonyl (C=O) groups is 2. The summed E-state index contributed by atoms with van der Waals surface area (Å²) >= 11 is 12.0. The van der Waals surface area contributed by atoms with Crippen LogP contribution in [0.1, 0.15) is 20.3 Å². The van der Waals surface area contributed by atoms with Gasteiger partial charge in [0.15, 0.2) is 0 Å². The minimum atomic E-state index is -0.647. The van der Waals surface area contributed by atoms with Crippen LogP contribution in [0.15, 0.2) is 59.7 Å². The maximum Gasteiger partial charge on any atom is 0.296 e. The number of hydrogen-bond acceptors (Lipinski definition) is 3. The molecule has 3 atom stereocenters. The molecule has 1 aromatic carbocycles. The predicted molar refractivity (Wildman–Crippen MR) is 110 cm³/mol. The lowest BCUT2D eigenvalue weighted by atomic mass is 10.0. The van der Waals surface area contributed by atoms with Crippen LogP contribution in [-0.2, 0) is 9.59 Å². The molecule has 1 heterocycles. The summed E-state index contributed by atoms with van der Waals surface area (Å²) < 4.78 is 0. The van der Waals surface area contributed by atoms with Crippen molar-refractivity contribution in [2.75, 3.05) is 11.9 Å². The van der Waals surface area contributed by atoms with Crippen molar-refractivity contribution in [2.45, 2.75) is 37.7 Å². The molecule has 1 N–H and O–H groups in total. The van der Waals surface area contributed by atoms with Crippen molar-refractivity contribution in [1.29, 1.82) is 0 Å². The Balaban J connectivity index is 1.66. The number of amides is 1. The largest absolute Gasteiger partial charge is 0.319 e. The molecule has 6 heteroatoms. The van der Waals surface area contributed by atoms with E-state index in [9.17, 15) is 9.59 Å². The van der Waals surface area contributed by atoms with Crippen LogP contribution in [0, 0.1) is 0 Å². The molecule has 0 spiro atoms. The van der Waals surface area contributed by atoms with E-state index in [1.807, 2.05) is 32.1 Å². The Bertz CT molecular complexity index is 844. The first-order valence-electron chi connectivity index (χ1n) is 8.95. The fourth-order valence-corrected chi connectivity index (χ4v) is 3.78. The van der Waals surface area contributed by atoms with Gasteiger partial charge in [0.1, 0.15) is 0 Å². The van der Waals surface area contributed by atoms with Crippen LogP contribution in [0.2, 0.25) is 5.02 Å². The SMILES string of the molecule is CC1C=C(C(=O)C(=O)Nc2cccc(Cl)c2)C(C)N1CC1=CCC(Cl)C=C1. The molecular weight excluding hydrogens is 383 g/mol. The van der Waals surface area contributed by atoms with Gasteiger partial charge in [-0.25, -0.2) is 0 Å². The molecule has 1 aromatic rings. The van der Waals surface area contributed by atoms with Crippen LogP contribution in [0.25, 0.3) is 0 Å². The van der Waals surface area contributed by atoms with Gasteiger partial charge >= 0.3 is 0 Å². The number of carbonyl (C=O) groups excluding carboxylic acids is 2. The Morgan fingerprint density at radius 3 is 2.74 bits per heavy atom. The highest BCUT2D eigenvalue weighted by molar-refractivity contribution is 6.46. The fraction of sp³-hybridized carbons (Fsp3) is 0.333. The average molecular weight is 405 g/mol. The normalized spacial score (nSPS) is 25.1. The van der Waals surface area contributed by atoms with Crippen molar-refractivity contribution in [3.63, 3.8) is 0 Å². The zero-order chi connectivity index (χ0) is 19.6. The molecule has 0 bridgehead atoms. The summed E-state index contributed by atoms with van der Waals surface area (Å²) in [5, 5.41) is 3.18. The third kappa shape index (κ3) is 4.70. The number of hydrogen-bond donors (Lipinski definition) is 1. The molecule has 27 heavy (non-hydrogen) atoms. The summed E-state index contributed by atoms with van der Waals surface area (Å²) in [5.41, 5.74) is 2.21. The van der Waals surface area contributed by atoms with E-state index < -0.39 is 11.7 Å². The van der Waals surface area contributed by atoms with Gasteiger partial charge in [0, 0.05) is 34.9 Å². The van der Waals surface area contributed by atoms with Gasteiger partial charge in [0.05, 0.1) is 5.38 Å². The smallest absolute Gasteiger partial charge is 0.296 e. The summed E-state index contributed by atoms with van der Waals surface area (Å²) in [6.45, 7) is 4.70. The zero-order valence-electron chi connectivity index (χ0n) is 15.3. The van der Waals surface area contributed by atoms with Crippen LogP contribution in [0.4, 0.5) is 5.69 Å². The molecule has 3 rings (SSSR count). The van der Waals surface area contributed by atoms with Crippen molar-refractivity contribution in [2.24, 2.45) is 0 Å². The van der Waals surface area contributed by atoms with E-state index in [4.69, 9.17) is 23.2 Å². The topological polar surface area (TPSA) is 49.4 Å². The first-order valence-corrected chi connectivity index (χ1v) is 9.76. The standard InChI is InChI=1S/C21H22Cl2N2O2/c1-13-10-19(14(2)25(13)12-15-6-8-16(22)9-7-15)20(26)21(27)24-18-5-3-4-17(23)11-18/h3-8,10-11,13-14,16H,9,12H2,1-2H3,(H,24,27). The third-order valence-corrected chi connectivity index (χ3v) is 5.49. The van der Waals surface area contributed by atoms with Crippen molar-refractivity contribution >= 4 is 40.6 Å². The first-order chi connectivity index (χ1) is 12.8. The van der Waals surface area contributed by atoms with E-state index in [1.54, 1.807) is 24.3 Å². The molecule has 0 fully saturated rings. The molecule has 0 radical (unpaired) electrons. The first kappa shape index (κ1) is 19.9. The fourth-order valence-electron chi connectivity index (χ4n) is 3.42. The summed E-state index contributed by atoms with van der Waals surface area (Å²) in [5.74, 6) is -1.16. The monoisotopic (exact) mass is 404 g/mol. The number of halogens is 2. The second-order valence-electron chi connectivity index (χ2n) is 6.89. The number of anilines is 1. The number of ketones is 1. The minimum absolute atomic E-state index is 0.0487. The van der Waals surface area contributed by atoms with Crippen molar-refractivity contribution in [1.82, 2.24) is 4.90 Å². The average Bonchev–Trinajstić information content (AvgIpc) is 2.91. The van der Waals surface area contributed by atoms with Gasteiger partial charge in [-0.15, -0.1) is 11.6 Å². The Hall–Kier alpha value is -1.88. The summed E-state index contributed by atoms with van der Waals surface area (Å²) in [7, 11) is 0. The highest BCUT2D eigenvalue weighted by Gasteiger charge is 2.35. The van der Waals surface area contributed by atoms with E-state index in [0.717, 1.165) is 6.42 Å². The van der Waals surface area contributed by atoms with Crippen molar-refractivity contribution in [3.8, 4) is 0 Å². The number of Topliss-reactive ketones (excluding diaryl/α,β-unsaturated/α-hetero) is 1. The molecule has 1 amide bonds. The maximum absolute atomic E-state index is 12.7.